The Kier molecular flexibility index (Phi) is 6.77. The highest BCUT2D eigenvalue weighted by Gasteiger charge is 2.04. The van der Waals surface area contributed by atoms with Crippen molar-refractivity contribution in [2.75, 3.05) is 19.0 Å². The maximum Gasteiger partial charge on any atom is 0.191 e. The summed E-state index contributed by atoms with van der Waals surface area (Å²) < 4.78 is 10.8. The van der Waals surface area contributed by atoms with Crippen LogP contribution in [0.5, 0.6) is 11.5 Å². The molecule has 0 radical (unpaired) electrons. The van der Waals surface area contributed by atoms with E-state index in [0.717, 1.165) is 16.8 Å². The summed E-state index contributed by atoms with van der Waals surface area (Å²) in [5, 5.41) is 7.75. The van der Waals surface area contributed by atoms with E-state index in [1.54, 1.807) is 13.3 Å². The van der Waals surface area contributed by atoms with Crippen molar-refractivity contribution in [3.8, 4) is 11.5 Å². The van der Waals surface area contributed by atoms with E-state index >= 15 is 0 Å². The summed E-state index contributed by atoms with van der Waals surface area (Å²) in [5.74, 6) is 1.38. The Balaban J connectivity index is 1.98. The molecule has 0 atom stereocenters. The molecule has 6 heteroatoms. The summed E-state index contributed by atoms with van der Waals surface area (Å²) in [7, 11) is 1.61. The van der Waals surface area contributed by atoms with E-state index in [1.807, 2.05) is 37.3 Å². The second kappa shape index (κ2) is 9.03. The van der Waals surface area contributed by atoms with Crippen LogP contribution in [0.2, 0.25) is 0 Å². The molecule has 0 bridgehead atoms. The van der Waals surface area contributed by atoms with Gasteiger partial charge in [-0.3, -0.25) is 5.43 Å². The van der Waals surface area contributed by atoms with Crippen molar-refractivity contribution in [2.45, 2.75) is 20.8 Å². The third-order valence-electron chi connectivity index (χ3n) is 3.72. The highest BCUT2D eigenvalue weighted by Crippen LogP contribution is 2.27. The van der Waals surface area contributed by atoms with Gasteiger partial charge in [0.05, 0.1) is 19.9 Å². The fraction of sp³-hybridized carbons (Fsp3) is 0.263. The first-order valence-corrected chi connectivity index (χ1v) is 8.43. The first kappa shape index (κ1) is 18.7. The zero-order valence-corrected chi connectivity index (χ0v) is 15.7. The van der Waals surface area contributed by atoms with Gasteiger partial charge in [0.2, 0.25) is 0 Å². The Morgan fingerprint density at radius 1 is 1.20 bits per heavy atom. The number of thiocarbonyl (C=S) groups is 1. The fourth-order valence-corrected chi connectivity index (χ4v) is 2.40. The molecule has 25 heavy (non-hydrogen) atoms. The van der Waals surface area contributed by atoms with Crippen LogP contribution in [-0.2, 0) is 0 Å². The lowest BCUT2D eigenvalue weighted by atomic mass is 10.1. The third-order valence-corrected chi connectivity index (χ3v) is 3.91. The predicted molar refractivity (Wildman–Crippen MR) is 107 cm³/mol. The molecular weight excluding hydrogens is 334 g/mol. The average molecular weight is 357 g/mol. The van der Waals surface area contributed by atoms with Gasteiger partial charge < -0.3 is 14.8 Å². The predicted octanol–water partition coefficient (Wildman–Crippen LogP) is 4.03. The third kappa shape index (κ3) is 5.19. The van der Waals surface area contributed by atoms with E-state index in [4.69, 9.17) is 21.7 Å². The number of aryl methyl sites for hydroxylation is 1. The van der Waals surface area contributed by atoms with Gasteiger partial charge in [0.25, 0.3) is 0 Å². The molecule has 0 fully saturated rings. The Morgan fingerprint density at radius 3 is 2.72 bits per heavy atom. The standard InChI is InChI=1S/C19H23N3O2S/c1-5-24-17-10-9-15(11-18(17)23-4)12-20-22-19(25)21-16-8-6-7-13(2)14(16)3/h6-12H,5H2,1-4H3,(H2,21,22,25). The van der Waals surface area contributed by atoms with Crippen molar-refractivity contribution in [3.63, 3.8) is 0 Å². The summed E-state index contributed by atoms with van der Waals surface area (Å²) in [6.07, 6.45) is 1.68. The quantitative estimate of drug-likeness (QED) is 0.464. The smallest absolute Gasteiger partial charge is 0.191 e. The number of hydrogen-bond acceptors (Lipinski definition) is 4. The van der Waals surface area contributed by atoms with Gasteiger partial charge in [0.1, 0.15) is 0 Å². The van der Waals surface area contributed by atoms with E-state index in [1.165, 1.54) is 5.56 Å². The summed E-state index contributed by atoms with van der Waals surface area (Å²) in [6.45, 7) is 6.64. The minimum atomic E-state index is 0.433. The Bertz CT molecular complexity index is 775. The number of ether oxygens (including phenoxy) is 2. The molecule has 0 amide bonds. The molecule has 0 aliphatic carbocycles. The van der Waals surface area contributed by atoms with Crippen LogP contribution in [0.25, 0.3) is 0 Å². The lowest BCUT2D eigenvalue weighted by molar-refractivity contribution is 0.311. The molecule has 0 heterocycles. The second-order valence-corrected chi connectivity index (χ2v) is 5.82. The number of methoxy groups -OCH3 is 1. The average Bonchev–Trinajstić information content (AvgIpc) is 2.60. The van der Waals surface area contributed by atoms with Gasteiger partial charge in [0, 0.05) is 5.69 Å². The van der Waals surface area contributed by atoms with E-state index in [0.29, 0.717) is 23.2 Å². The van der Waals surface area contributed by atoms with E-state index < -0.39 is 0 Å². The van der Waals surface area contributed by atoms with Crippen LogP contribution < -0.4 is 20.2 Å². The van der Waals surface area contributed by atoms with E-state index in [-0.39, 0.29) is 0 Å². The molecule has 2 rings (SSSR count). The Hall–Kier alpha value is -2.60. The van der Waals surface area contributed by atoms with Crippen molar-refractivity contribution < 1.29 is 9.47 Å². The van der Waals surface area contributed by atoms with Crippen molar-refractivity contribution in [1.82, 2.24) is 5.43 Å². The number of nitrogens with one attached hydrogen (secondary N) is 2. The fourth-order valence-electron chi connectivity index (χ4n) is 2.24. The zero-order chi connectivity index (χ0) is 18.2. The maximum absolute atomic E-state index is 5.50. The lowest BCUT2D eigenvalue weighted by Crippen LogP contribution is -2.24. The molecule has 0 saturated carbocycles. The highest BCUT2D eigenvalue weighted by molar-refractivity contribution is 7.80. The van der Waals surface area contributed by atoms with Gasteiger partial charge in [-0.15, -0.1) is 0 Å². The summed E-state index contributed by atoms with van der Waals surface area (Å²) in [4.78, 5) is 0. The lowest BCUT2D eigenvalue weighted by Gasteiger charge is -2.11. The number of hydrogen-bond donors (Lipinski definition) is 2. The van der Waals surface area contributed by atoms with Crippen LogP contribution in [0.3, 0.4) is 0 Å². The Morgan fingerprint density at radius 2 is 2.00 bits per heavy atom. The molecule has 0 aliphatic rings. The van der Waals surface area contributed by atoms with Gasteiger partial charge in [-0.05, 0) is 73.9 Å². The van der Waals surface area contributed by atoms with Crippen LogP contribution >= 0.6 is 12.2 Å². The first-order valence-electron chi connectivity index (χ1n) is 8.02. The summed E-state index contributed by atoms with van der Waals surface area (Å²) in [5.41, 5.74) is 7.03. The minimum absolute atomic E-state index is 0.433. The first-order chi connectivity index (χ1) is 12.0. The summed E-state index contributed by atoms with van der Waals surface area (Å²) >= 11 is 5.28. The molecule has 0 aromatic heterocycles. The van der Waals surface area contributed by atoms with E-state index in [2.05, 4.69) is 35.8 Å². The van der Waals surface area contributed by atoms with Crippen LogP contribution in [0.4, 0.5) is 5.69 Å². The van der Waals surface area contributed by atoms with Gasteiger partial charge in [-0.1, -0.05) is 12.1 Å². The molecule has 0 saturated heterocycles. The number of benzene rings is 2. The van der Waals surface area contributed by atoms with Gasteiger partial charge >= 0.3 is 0 Å². The number of anilines is 1. The Labute approximate surface area is 154 Å². The van der Waals surface area contributed by atoms with Crippen molar-refractivity contribution in [1.29, 1.82) is 0 Å². The topological polar surface area (TPSA) is 54.9 Å². The molecule has 0 unspecified atom stereocenters. The molecule has 132 valence electrons. The molecule has 2 aromatic carbocycles. The van der Waals surface area contributed by atoms with Crippen LogP contribution in [-0.4, -0.2) is 25.0 Å². The second-order valence-electron chi connectivity index (χ2n) is 5.41. The number of rotatable bonds is 6. The van der Waals surface area contributed by atoms with E-state index in [9.17, 15) is 0 Å². The molecule has 2 N–H and O–H groups in total. The van der Waals surface area contributed by atoms with Crippen LogP contribution in [0, 0.1) is 13.8 Å². The molecule has 5 nitrogen and oxygen atoms in total. The summed E-state index contributed by atoms with van der Waals surface area (Å²) in [6, 6.07) is 11.7. The SMILES string of the molecule is CCOc1ccc(C=NNC(=S)Nc2cccc(C)c2C)cc1OC. The molecule has 2 aromatic rings. The van der Waals surface area contributed by atoms with Gasteiger partial charge in [-0.2, -0.15) is 5.10 Å². The number of nitrogens with zero attached hydrogens (tertiary/aromatic N) is 1. The van der Waals surface area contributed by atoms with Crippen molar-refractivity contribution >= 4 is 29.2 Å². The molecular formula is C19H23N3O2S. The van der Waals surface area contributed by atoms with Crippen LogP contribution in [0.15, 0.2) is 41.5 Å². The number of hydrazone groups is 1. The molecule has 0 aliphatic heterocycles. The zero-order valence-electron chi connectivity index (χ0n) is 14.9. The van der Waals surface area contributed by atoms with Gasteiger partial charge in [0.15, 0.2) is 16.6 Å². The highest BCUT2D eigenvalue weighted by atomic mass is 32.1. The largest absolute Gasteiger partial charge is 0.493 e. The minimum Gasteiger partial charge on any atom is -0.493 e. The van der Waals surface area contributed by atoms with Crippen molar-refractivity contribution in [2.24, 2.45) is 5.10 Å². The van der Waals surface area contributed by atoms with Crippen molar-refractivity contribution in [3.05, 3.63) is 53.1 Å². The maximum atomic E-state index is 5.50. The van der Waals surface area contributed by atoms with Gasteiger partial charge in [-0.25, -0.2) is 0 Å². The monoisotopic (exact) mass is 357 g/mol. The normalized spacial score (nSPS) is 10.6. The molecule has 0 spiro atoms. The van der Waals surface area contributed by atoms with Crippen LogP contribution in [0.1, 0.15) is 23.6 Å².